The van der Waals surface area contributed by atoms with Gasteiger partial charge >= 0.3 is 0 Å². The van der Waals surface area contributed by atoms with Gasteiger partial charge in [-0.3, -0.25) is 14.5 Å². The van der Waals surface area contributed by atoms with Crippen LogP contribution in [0.4, 0.5) is 0 Å². The average molecular weight is 340 g/mol. The molecule has 0 aromatic carbocycles. The fourth-order valence-electron chi connectivity index (χ4n) is 2.55. The molecule has 0 bridgehead atoms. The molecule has 1 fully saturated rings. The molecule has 1 aliphatic rings. The number of hydrogen-bond acceptors (Lipinski definition) is 6. The summed E-state index contributed by atoms with van der Waals surface area (Å²) in [7, 11) is 2.16. The number of carboxylic acid groups (broad SMARTS) is 1. The van der Waals surface area contributed by atoms with Crippen LogP contribution >= 0.6 is 0 Å². The minimum Gasteiger partial charge on any atom is -0.483 e. The van der Waals surface area contributed by atoms with Gasteiger partial charge < -0.3 is 15.3 Å². The average Bonchev–Trinajstić information content (AvgIpc) is 3.07. The standard InChI is InChI=1S/C14H26N6O.CH2O2/c1-12(20-9-7-19(2)8-10-20)3-4-14(21)15-6-5-13-11-16-18-17-13;2-1-3/h11-12H,3-10H2,1-2H3,(H,15,21)(H,16,17,18);1H,(H,2,3). The molecule has 1 saturated heterocycles. The van der Waals surface area contributed by atoms with Crippen LogP contribution in [-0.2, 0) is 16.0 Å². The summed E-state index contributed by atoms with van der Waals surface area (Å²) in [5, 5.41) is 20.1. The molecule has 1 unspecified atom stereocenters. The second kappa shape index (κ2) is 11.5. The van der Waals surface area contributed by atoms with E-state index in [4.69, 9.17) is 9.90 Å². The van der Waals surface area contributed by atoms with Gasteiger partial charge in [-0.25, -0.2) is 0 Å². The maximum Gasteiger partial charge on any atom is 0.290 e. The van der Waals surface area contributed by atoms with Gasteiger partial charge in [0, 0.05) is 51.6 Å². The summed E-state index contributed by atoms with van der Waals surface area (Å²) in [6.45, 7) is 7.03. The van der Waals surface area contributed by atoms with Gasteiger partial charge in [-0.15, -0.1) is 0 Å². The van der Waals surface area contributed by atoms with E-state index in [-0.39, 0.29) is 12.4 Å². The highest BCUT2D eigenvalue weighted by Crippen LogP contribution is 2.09. The zero-order valence-electron chi connectivity index (χ0n) is 14.4. The van der Waals surface area contributed by atoms with Gasteiger partial charge in [0.2, 0.25) is 5.91 Å². The quantitative estimate of drug-likeness (QED) is 0.578. The van der Waals surface area contributed by atoms with E-state index in [0.717, 1.165) is 44.7 Å². The van der Waals surface area contributed by atoms with E-state index in [9.17, 15) is 4.79 Å². The highest BCUT2D eigenvalue weighted by Gasteiger charge is 2.19. The number of rotatable bonds is 7. The van der Waals surface area contributed by atoms with Crippen molar-refractivity contribution in [3.8, 4) is 0 Å². The molecule has 0 spiro atoms. The third kappa shape index (κ3) is 8.02. The van der Waals surface area contributed by atoms with Crippen LogP contribution in [-0.4, -0.2) is 88.5 Å². The number of H-pyrrole nitrogens is 1. The summed E-state index contributed by atoms with van der Waals surface area (Å²) in [5.41, 5.74) is 0.876. The molecule has 1 aromatic heterocycles. The minimum atomic E-state index is -0.250. The highest BCUT2D eigenvalue weighted by atomic mass is 16.3. The second-order valence-electron chi connectivity index (χ2n) is 5.89. The normalized spacial score (nSPS) is 16.8. The van der Waals surface area contributed by atoms with Gasteiger partial charge in [0.15, 0.2) is 0 Å². The van der Waals surface area contributed by atoms with Crippen molar-refractivity contribution >= 4 is 12.4 Å². The van der Waals surface area contributed by atoms with Gasteiger partial charge in [0.1, 0.15) is 0 Å². The van der Waals surface area contributed by atoms with Crippen molar-refractivity contribution in [3.05, 3.63) is 11.9 Å². The zero-order valence-corrected chi connectivity index (χ0v) is 14.4. The molecule has 9 heteroatoms. The predicted molar refractivity (Wildman–Crippen MR) is 89.6 cm³/mol. The molecular formula is C15H28N6O3. The van der Waals surface area contributed by atoms with Crippen molar-refractivity contribution in [3.63, 3.8) is 0 Å². The monoisotopic (exact) mass is 340 g/mol. The van der Waals surface area contributed by atoms with Crippen LogP contribution in [0.1, 0.15) is 25.5 Å². The Hall–Kier alpha value is -2.00. The Balaban J connectivity index is 0.000000891. The molecule has 0 saturated carbocycles. The lowest BCUT2D eigenvalue weighted by Crippen LogP contribution is -2.48. The number of nitrogens with zero attached hydrogens (tertiary/aromatic N) is 4. The summed E-state index contributed by atoms with van der Waals surface area (Å²) in [4.78, 5) is 25.0. The predicted octanol–water partition coefficient (Wildman–Crippen LogP) is -0.420. The number of aromatic nitrogens is 3. The smallest absolute Gasteiger partial charge is 0.290 e. The van der Waals surface area contributed by atoms with Gasteiger partial charge in [0.25, 0.3) is 6.47 Å². The molecule has 1 amide bonds. The van der Waals surface area contributed by atoms with Crippen molar-refractivity contribution in [2.45, 2.75) is 32.2 Å². The summed E-state index contributed by atoms with van der Waals surface area (Å²) < 4.78 is 0. The van der Waals surface area contributed by atoms with Crippen LogP contribution < -0.4 is 5.32 Å². The topological polar surface area (TPSA) is 114 Å². The summed E-state index contributed by atoms with van der Waals surface area (Å²) in [6.07, 6.45) is 3.91. The van der Waals surface area contributed by atoms with E-state index in [2.05, 4.69) is 44.5 Å². The molecule has 136 valence electrons. The van der Waals surface area contributed by atoms with Crippen LogP contribution in [0.5, 0.6) is 0 Å². The lowest BCUT2D eigenvalue weighted by Gasteiger charge is -2.36. The Morgan fingerprint density at radius 3 is 2.71 bits per heavy atom. The largest absolute Gasteiger partial charge is 0.483 e. The third-order valence-electron chi connectivity index (χ3n) is 4.12. The fraction of sp³-hybridized carbons (Fsp3) is 0.733. The van der Waals surface area contributed by atoms with Crippen LogP contribution in [0.3, 0.4) is 0 Å². The SMILES string of the molecule is CC(CCC(=O)NCCc1cn[nH]n1)N1CCN(C)CC1.O=CO. The molecule has 0 radical (unpaired) electrons. The van der Waals surface area contributed by atoms with E-state index < -0.39 is 0 Å². The van der Waals surface area contributed by atoms with E-state index >= 15 is 0 Å². The van der Waals surface area contributed by atoms with Crippen molar-refractivity contribution in [1.82, 2.24) is 30.5 Å². The van der Waals surface area contributed by atoms with Gasteiger partial charge in [0.05, 0.1) is 11.9 Å². The zero-order chi connectivity index (χ0) is 17.8. The van der Waals surface area contributed by atoms with Crippen LogP contribution in [0, 0.1) is 0 Å². The summed E-state index contributed by atoms with van der Waals surface area (Å²) in [5.74, 6) is 0.125. The van der Waals surface area contributed by atoms with Crippen molar-refractivity contribution in [2.24, 2.45) is 0 Å². The van der Waals surface area contributed by atoms with Crippen molar-refractivity contribution < 1.29 is 14.7 Å². The van der Waals surface area contributed by atoms with Gasteiger partial charge in [-0.2, -0.15) is 15.4 Å². The minimum absolute atomic E-state index is 0.125. The Kier molecular flexibility index (Phi) is 9.62. The van der Waals surface area contributed by atoms with Gasteiger partial charge in [-0.1, -0.05) is 0 Å². The van der Waals surface area contributed by atoms with Crippen LogP contribution in [0.15, 0.2) is 6.20 Å². The molecule has 0 aliphatic carbocycles. The maximum absolute atomic E-state index is 11.8. The number of carbonyl (C=O) groups excluding carboxylic acids is 1. The Labute approximate surface area is 142 Å². The first kappa shape index (κ1) is 20.0. The van der Waals surface area contributed by atoms with E-state index in [0.29, 0.717) is 19.0 Å². The van der Waals surface area contributed by atoms with E-state index in [1.165, 1.54) is 0 Å². The number of amides is 1. The Morgan fingerprint density at radius 1 is 1.46 bits per heavy atom. The lowest BCUT2D eigenvalue weighted by molar-refractivity contribution is -0.123. The maximum atomic E-state index is 11.8. The number of likely N-dealkylation sites (N-methyl/N-ethyl adjacent to an activating group) is 1. The van der Waals surface area contributed by atoms with Crippen molar-refractivity contribution in [2.75, 3.05) is 39.8 Å². The first-order valence-corrected chi connectivity index (χ1v) is 8.18. The number of nitrogens with one attached hydrogen (secondary N) is 2. The molecule has 24 heavy (non-hydrogen) atoms. The molecule has 9 nitrogen and oxygen atoms in total. The molecule has 3 N–H and O–H groups in total. The molecule has 1 aliphatic heterocycles. The number of hydrogen-bond donors (Lipinski definition) is 3. The Morgan fingerprint density at radius 2 is 2.12 bits per heavy atom. The molecular weight excluding hydrogens is 312 g/mol. The van der Waals surface area contributed by atoms with Crippen molar-refractivity contribution in [1.29, 1.82) is 0 Å². The van der Waals surface area contributed by atoms with Crippen LogP contribution in [0.2, 0.25) is 0 Å². The van der Waals surface area contributed by atoms with E-state index in [1.54, 1.807) is 6.20 Å². The Bertz CT molecular complexity index is 460. The first-order valence-electron chi connectivity index (χ1n) is 8.18. The third-order valence-corrected chi connectivity index (χ3v) is 4.12. The summed E-state index contributed by atoms with van der Waals surface area (Å²) >= 11 is 0. The van der Waals surface area contributed by atoms with Crippen LogP contribution in [0.25, 0.3) is 0 Å². The fourth-order valence-corrected chi connectivity index (χ4v) is 2.55. The number of carbonyl (C=O) groups is 2. The number of piperazine rings is 1. The lowest BCUT2D eigenvalue weighted by atomic mass is 10.1. The van der Waals surface area contributed by atoms with Gasteiger partial charge in [-0.05, 0) is 20.4 Å². The second-order valence-corrected chi connectivity index (χ2v) is 5.89. The highest BCUT2D eigenvalue weighted by molar-refractivity contribution is 5.75. The number of aromatic amines is 1. The molecule has 2 rings (SSSR count). The molecule has 1 atom stereocenters. The van der Waals surface area contributed by atoms with E-state index in [1.807, 2.05) is 0 Å². The molecule has 2 heterocycles. The summed E-state index contributed by atoms with van der Waals surface area (Å²) in [6, 6.07) is 0.472. The first-order chi connectivity index (χ1) is 11.6. The molecule has 1 aromatic rings.